The van der Waals surface area contributed by atoms with Gasteiger partial charge in [-0.1, -0.05) is 5.16 Å². The fraction of sp³-hybridized carbons (Fsp3) is 0.600. The second-order valence-electron chi connectivity index (χ2n) is 3.74. The summed E-state index contributed by atoms with van der Waals surface area (Å²) >= 11 is 0. The fourth-order valence-corrected chi connectivity index (χ4v) is 1.55. The number of carbonyl (C=O) groups is 1. The van der Waals surface area contributed by atoms with Crippen LogP contribution in [0.5, 0.6) is 0 Å². The molecular formula is C10H15N3O3. The first-order valence-electron chi connectivity index (χ1n) is 5.29. The highest BCUT2D eigenvalue weighted by Crippen LogP contribution is 2.05. The van der Waals surface area contributed by atoms with Gasteiger partial charge in [0.2, 0.25) is 5.76 Å². The van der Waals surface area contributed by atoms with Gasteiger partial charge in [0.15, 0.2) is 0 Å². The zero-order valence-electron chi connectivity index (χ0n) is 9.16. The molecule has 2 heterocycles. The molecule has 88 valence electrons. The van der Waals surface area contributed by atoms with E-state index in [1.807, 2.05) is 0 Å². The van der Waals surface area contributed by atoms with Crippen LogP contribution < -0.4 is 10.6 Å². The van der Waals surface area contributed by atoms with Crippen LogP contribution in [0.15, 0.2) is 10.7 Å². The normalized spacial score (nSPS) is 20.7. The van der Waals surface area contributed by atoms with Crippen LogP contribution in [0.1, 0.15) is 16.1 Å². The van der Waals surface area contributed by atoms with Crippen molar-refractivity contribution in [2.45, 2.75) is 13.0 Å². The number of nitrogens with one attached hydrogen (secondary N) is 2. The molecule has 0 bridgehead atoms. The Morgan fingerprint density at radius 1 is 1.75 bits per heavy atom. The summed E-state index contributed by atoms with van der Waals surface area (Å²) in [6.45, 7) is 4.57. The van der Waals surface area contributed by atoms with E-state index in [1.54, 1.807) is 6.92 Å². The number of amides is 1. The third kappa shape index (κ3) is 2.59. The van der Waals surface area contributed by atoms with E-state index in [1.165, 1.54) is 6.20 Å². The molecule has 16 heavy (non-hydrogen) atoms. The van der Waals surface area contributed by atoms with Crippen molar-refractivity contribution in [3.63, 3.8) is 0 Å². The highest BCUT2D eigenvalue weighted by atomic mass is 16.5. The van der Waals surface area contributed by atoms with Crippen molar-refractivity contribution in [1.29, 1.82) is 0 Å². The average molecular weight is 225 g/mol. The van der Waals surface area contributed by atoms with Crippen LogP contribution in [0, 0.1) is 6.92 Å². The van der Waals surface area contributed by atoms with Crippen molar-refractivity contribution < 1.29 is 14.1 Å². The molecule has 1 atom stereocenters. The first-order valence-corrected chi connectivity index (χ1v) is 5.29. The molecule has 1 aliphatic heterocycles. The van der Waals surface area contributed by atoms with Gasteiger partial charge in [-0.25, -0.2) is 0 Å². The molecule has 1 fully saturated rings. The average Bonchev–Trinajstić information content (AvgIpc) is 2.74. The molecule has 1 unspecified atom stereocenters. The van der Waals surface area contributed by atoms with E-state index in [2.05, 4.69) is 15.8 Å². The molecule has 0 aromatic carbocycles. The number of rotatable bonds is 3. The van der Waals surface area contributed by atoms with Gasteiger partial charge in [0.1, 0.15) is 0 Å². The quantitative estimate of drug-likeness (QED) is 0.738. The third-order valence-electron chi connectivity index (χ3n) is 2.45. The minimum atomic E-state index is -0.246. The van der Waals surface area contributed by atoms with Gasteiger partial charge >= 0.3 is 0 Å². The topological polar surface area (TPSA) is 76.4 Å². The number of hydrogen-bond donors (Lipinski definition) is 2. The highest BCUT2D eigenvalue weighted by Gasteiger charge is 2.17. The van der Waals surface area contributed by atoms with Gasteiger partial charge in [-0.15, -0.1) is 0 Å². The van der Waals surface area contributed by atoms with E-state index in [-0.39, 0.29) is 17.8 Å². The maximum atomic E-state index is 11.6. The summed E-state index contributed by atoms with van der Waals surface area (Å²) in [7, 11) is 0. The van der Waals surface area contributed by atoms with E-state index in [0.717, 1.165) is 18.7 Å². The lowest BCUT2D eigenvalue weighted by molar-refractivity contribution is 0.0284. The molecule has 0 spiro atoms. The first-order chi connectivity index (χ1) is 7.77. The van der Waals surface area contributed by atoms with Crippen LogP contribution >= 0.6 is 0 Å². The van der Waals surface area contributed by atoms with Crippen LogP contribution in [0.25, 0.3) is 0 Å². The molecule has 0 saturated carbocycles. The lowest BCUT2D eigenvalue weighted by atomic mass is 10.2. The number of aromatic nitrogens is 1. The summed E-state index contributed by atoms with van der Waals surface area (Å²) in [4.78, 5) is 11.6. The Balaban J connectivity index is 1.81. The lowest BCUT2D eigenvalue weighted by Gasteiger charge is -2.23. The van der Waals surface area contributed by atoms with Crippen molar-refractivity contribution >= 4 is 5.91 Å². The van der Waals surface area contributed by atoms with Crippen LogP contribution in [-0.2, 0) is 4.74 Å². The molecule has 2 rings (SSSR count). The van der Waals surface area contributed by atoms with Gasteiger partial charge in [0.05, 0.1) is 18.9 Å². The zero-order valence-corrected chi connectivity index (χ0v) is 9.16. The standard InChI is InChI=1S/C10H15N3O3/c1-7-4-13-16-9(7)10(14)12-6-8-5-11-2-3-15-8/h4,8,11H,2-3,5-6H2,1H3,(H,12,14). The van der Waals surface area contributed by atoms with Crippen molar-refractivity contribution in [2.75, 3.05) is 26.2 Å². The molecule has 2 N–H and O–H groups in total. The second-order valence-corrected chi connectivity index (χ2v) is 3.74. The van der Waals surface area contributed by atoms with Crippen molar-refractivity contribution in [3.05, 3.63) is 17.5 Å². The minimum Gasteiger partial charge on any atom is -0.374 e. The second kappa shape index (κ2) is 5.09. The highest BCUT2D eigenvalue weighted by molar-refractivity contribution is 5.92. The molecule has 1 aromatic heterocycles. The Morgan fingerprint density at radius 3 is 3.25 bits per heavy atom. The molecule has 0 radical (unpaired) electrons. The summed E-state index contributed by atoms with van der Waals surface area (Å²) in [6.07, 6.45) is 1.55. The maximum Gasteiger partial charge on any atom is 0.290 e. The van der Waals surface area contributed by atoms with E-state index in [9.17, 15) is 4.79 Å². The van der Waals surface area contributed by atoms with Gasteiger partial charge in [-0.3, -0.25) is 4.79 Å². The van der Waals surface area contributed by atoms with Crippen LogP contribution in [-0.4, -0.2) is 43.4 Å². The predicted molar refractivity (Wildman–Crippen MR) is 56.2 cm³/mol. The maximum absolute atomic E-state index is 11.6. The summed E-state index contributed by atoms with van der Waals surface area (Å²) in [5.41, 5.74) is 0.736. The van der Waals surface area contributed by atoms with Gasteiger partial charge < -0.3 is 19.9 Å². The van der Waals surface area contributed by atoms with Crippen LogP contribution in [0.3, 0.4) is 0 Å². The molecule has 6 nitrogen and oxygen atoms in total. The summed E-state index contributed by atoms with van der Waals surface area (Å²) in [6, 6.07) is 0. The Morgan fingerprint density at radius 2 is 2.62 bits per heavy atom. The van der Waals surface area contributed by atoms with Gasteiger partial charge in [0, 0.05) is 25.2 Å². The Kier molecular flexibility index (Phi) is 3.53. The van der Waals surface area contributed by atoms with Gasteiger partial charge in [-0.2, -0.15) is 0 Å². The monoisotopic (exact) mass is 225 g/mol. The number of aryl methyl sites for hydroxylation is 1. The number of hydrogen-bond acceptors (Lipinski definition) is 5. The third-order valence-corrected chi connectivity index (χ3v) is 2.45. The molecule has 1 aromatic rings. The van der Waals surface area contributed by atoms with E-state index < -0.39 is 0 Å². The van der Waals surface area contributed by atoms with E-state index in [4.69, 9.17) is 9.26 Å². The number of carbonyl (C=O) groups excluding carboxylic acids is 1. The smallest absolute Gasteiger partial charge is 0.290 e. The van der Waals surface area contributed by atoms with Crippen molar-refractivity contribution in [2.24, 2.45) is 0 Å². The Hall–Kier alpha value is -1.40. The largest absolute Gasteiger partial charge is 0.374 e. The SMILES string of the molecule is Cc1cnoc1C(=O)NCC1CNCCO1. The van der Waals surface area contributed by atoms with Gasteiger partial charge in [0.25, 0.3) is 5.91 Å². The minimum absolute atomic E-state index is 0.0286. The first kappa shape index (κ1) is 11.1. The molecule has 0 aliphatic carbocycles. The zero-order chi connectivity index (χ0) is 11.4. The molecule has 6 heteroatoms. The number of nitrogens with zero attached hydrogens (tertiary/aromatic N) is 1. The Bertz CT molecular complexity index is 358. The van der Waals surface area contributed by atoms with Crippen LogP contribution in [0.2, 0.25) is 0 Å². The van der Waals surface area contributed by atoms with Crippen molar-refractivity contribution in [1.82, 2.24) is 15.8 Å². The molecule has 1 aliphatic rings. The van der Waals surface area contributed by atoms with Crippen molar-refractivity contribution in [3.8, 4) is 0 Å². The van der Waals surface area contributed by atoms with E-state index in [0.29, 0.717) is 13.2 Å². The van der Waals surface area contributed by atoms with Gasteiger partial charge in [-0.05, 0) is 6.92 Å². The fourth-order valence-electron chi connectivity index (χ4n) is 1.55. The molecule has 1 saturated heterocycles. The molecular weight excluding hydrogens is 210 g/mol. The van der Waals surface area contributed by atoms with Crippen LogP contribution in [0.4, 0.5) is 0 Å². The lowest BCUT2D eigenvalue weighted by Crippen LogP contribution is -2.45. The number of morpholine rings is 1. The number of ether oxygens (including phenoxy) is 1. The Labute approximate surface area is 93.3 Å². The molecule has 1 amide bonds. The summed E-state index contributed by atoms with van der Waals surface area (Å²) < 4.78 is 10.3. The predicted octanol–water partition coefficient (Wildman–Crippen LogP) is -0.299. The van der Waals surface area contributed by atoms with E-state index >= 15 is 0 Å². The summed E-state index contributed by atoms with van der Waals surface area (Å²) in [5.74, 6) is 0.0212. The summed E-state index contributed by atoms with van der Waals surface area (Å²) in [5, 5.41) is 9.51.